The number of hydrogen-bond acceptors (Lipinski definition) is 6. The molecule has 194 valence electrons. The van der Waals surface area contributed by atoms with Gasteiger partial charge in [0.15, 0.2) is 0 Å². The van der Waals surface area contributed by atoms with E-state index in [4.69, 9.17) is 4.74 Å². The summed E-state index contributed by atoms with van der Waals surface area (Å²) in [7, 11) is 0. The highest BCUT2D eigenvalue weighted by Gasteiger charge is 2.67. The number of amides is 4. The minimum absolute atomic E-state index is 0.188. The summed E-state index contributed by atoms with van der Waals surface area (Å²) in [5.41, 5.74) is 0.0812. The normalized spacial score (nSPS) is 22.7. The van der Waals surface area contributed by atoms with Crippen LogP contribution in [0.1, 0.15) is 31.7 Å². The second-order valence-electron chi connectivity index (χ2n) is 8.92. The summed E-state index contributed by atoms with van der Waals surface area (Å²) in [4.78, 5) is 54.8. The molecule has 0 aromatic carbocycles. The van der Waals surface area contributed by atoms with Crippen LogP contribution in [0.2, 0.25) is 0 Å². The third kappa shape index (κ3) is 6.30. The van der Waals surface area contributed by atoms with E-state index in [1.807, 2.05) is 0 Å². The Bertz CT molecular complexity index is 1070. The number of halogens is 1. The first-order valence-electron chi connectivity index (χ1n) is 11.4. The molecule has 0 bridgehead atoms. The highest BCUT2D eigenvalue weighted by atomic mass is 79.9. The Labute approximate surface area is 217 Å². The van der Waals surface area contributed by atoms with Gasteiger partial charge in [-0.2, -0.15) is 0 Å². The summed E-state index contributed by atoms with van der Waals surface area (Å²) in [5, 5.41) is 18.0. The Hall–Kier alpha value is -3.25. The van der Waals surface area contributed by atoms with Crippen molar-refractivity contribution in [2.75, 3.05) is 18.5 Å². The summed E-state index contributed by atoms with van der Waals surface area (Å²) in [5.74, 6) is -0.963. The molecule has 36 heavy (non-hydrogen) atoms. The van der Waals surface area contributed by atoms with Crippen LogP contribution in [-0.4, -0.2) is 70.1 Å². The van der Waals surface area contributed by atoms with Gasteiger partial charge in [0.2, 0.25) is 17.7 Å². The molecule has 1 saturated heterocycles. The van der Waals surface area contributed by atoms with Gasteiger partial charge in [-0.25, -0.2) is 9.78 Å². The van der Waals surface area contributed by atoms with Crippen molar-refractivity contribution in [2.45, 2.75) is 50.9 Å². The van der Waals surface area contributed by atoms with Crippen molar-refractivity contribution >= 4 is 45.6 Å². The van der Waals surface area contributed by atoms with Gasteiger partial charge in [-0.05, 0) is 41.3 Å². The fraction of sp³-hybridized carbons (Fsp3) is 0.458. The number of nitrogens with zero attached hydrogens (tertiary/aromatic N) is 2. The third-order valence-electron chi connectivity index (χ3n) is 6.33. The van der Waals surface area contributed by atoms with Crippen LogP contribution in [0.25, 0.3) is 0 Å². The Balaban J connectivity index is 1.70. The Kier molecular flexibility index (Phi) is 8.85. The standard InChI is InChI=1S/C24H30BrN5O6/c1-4-6-16(27-14(3)31)21(32)26-13-24-10-17(30(23(34)35)18(24)11-24)22(33)29-20-15(12-36-9-5-2)7-8-19(25)28-20/h4-5,7-8,16-18H,1-2,6,9-13H2,3H3,(H,26,32)(H,27,31)(H,34,35)(H,28,29,33)/t16?,17-,18+,24-/m0/s1. The summed E-state index contributed by atoms with van der Waals surface area (Å²) in [6.07, 6.45) is 2.98. The number of pyridine rings is 1. The van der Waals surface area contributed by atoms with Crippen molar-refractivity contribution in [1.29, 1.82) is 0 Å². The number of rotatable bonds is 12. The van der Waals surface area contributed by atoms with Gasteiger partial charge in [-0.3, -0.25) is 19.3 Å². The maximum Gasteiger partial charge on any atom is 0.408 e. The van der Waals surface area contributed by atoms with Crippen LogP contribution in [0, 0.1) is 5.41 Å². The van der Waals surface area contributed by atoms with Crippen molar-refractivity contribution in [2.24, 2.45) is 5.41 Å². The van der Waals surface area contributed by atoms with Crippen LogP contribution >= 0.6 is 15.9 Å². The molecule has 0 radical (unpaired) electrons. The van der Waals surface area contributed by atoms with Gasteiger partial charge >= 0.3 is 6.09 Å². The highest BCUT2D eigenvalue weighted by molar-refractivity contribution is 9.10. The van der Waals surface area contributed by atoms with Crippen LogP contribution < -0.4 is 16.0 Å². The summed E-state index contributed by atoms with van der Waals surface area (Å²) in [6.45, 7) is 9.23. The van der Waals surface area contributed by atoms with Crippen molar-refractivity contribution in [1.82, 2.24) is 20.5 Å². The zero-order chi connectivity index (χ0) is 26.5. The largest absolute Gasteiger partial charge is 0.465 e. The van der Waals surface area contributed by atoms with Crippen LogP contribution in [0.5, 0.6) is 0 Å². The summed E-state index contributed by atoms with van der Waals surface area (Å²) < 4.78 is 5.97. The molecule has 1 aliphatic carbocycles. The lowest BCUT2D eigenvalue weighted by molar-refractivity contribution is -0.128. The van der Waals surface area contributed by atoms with E-state index in [0.717, 1.165) is 4.90 Å². The van der Waals surface area contributed by atoms with E-state index >= 15 is 0 Å². The van der Waals surface area contributed by atoms with Gasteiger partial charge in [0.05, 0.1) is 13.2 Å². The number of hydrogen-bond donors (Lipinski definition) is 4. The third-order valence-corrected chi connectivity index (χ3v) is 6.77. The topological polar surface area (TPSA) is 150 Å². The van der Waals surface area contributed by atoms with Crippen LogP contribution in [-0.2, 0) is 25.7 Å². The molecule has 2 fully saturated rings. The van der Waals surface area contributed by atoms with Gasteiger partial charge in [0, 0.05) is 30.5 Å². The van der Waals surface area contributed by atoms with Crippen LogP contribution in [0.3, 0.4) is 0 Å². The second kappa shape index (κ2) is 11.7. The number of aromatic nitrogens is 1. The van der Waals surface area contributed by atoms with E-state index in [-0.39, 0.29) is 43.6 Å². The molecule has 1 saturated carbocycles. The van der Waals surface area contributed by atoms with E-state index in [0.29, 0.717) is 23.2 Å². The van der Waals surface area contributed by atoms with Crippen LogP contribution in [0.15, 0.2) is 42.0 Å². The van der Waals surface area contributed by atoms with E-state index in [9.17, 15) is 24.3 Å². The maximum absolute atomic E-state index is 13.2. The monoisotopic (exact) mass is 563 g/mol. The molecule has 11 nitrogen and oxygen atoms in total. The minimum Gasteiger partial charge on any atom is -0.465 e. The molecule has 4 amide bonds. The molecule has 4 atom stereocenters. The molecule has 4 N–H and O–H groups in total. The molecule has 1 aromatic heterocycles. The van der Waals surface area contributed by atoms with Crippen molar-refractivity contribution in [3.63, 3.8) is 0 Å². The second-order valence-corrected chi connectivity index (χ2v) is 9.73. The molecular formula is C24H30BrN5O6. The van der Waals surface area contributed by atoms with Crippen molar-refractivity contribution < 1.29 is 29.0 Å². The van der Waals surface area contributed by atoms with E-state index < -0.39 is 35.5 Å². The first-order valence-corrected chi connectivity index (χ1v) is 12.2. The smallest absolute Gasteiger partial charge is 0.408 e. The molecule has 1 unspecified atom stereocenters. The Morgan fingerprint density at radius 3 is 2.69 bits per heavy atom. The molecule has 12 heteroatoms. The van der Waals surface area contributed by atoms with Gasteiger partial charge in [0.25, 0.3) is 0 Å². The predicted molar refractivity (Wildman–Crippen MR) is 135 cm³/mol. The number of piperidine rings is 1. The molecule has 1 aromatic rings. The lowest BCUT2D eigenvalue weighted by Crippen LogP contribution is -2.47. The fourth-order valence-corrected chi connectivity index (χ4v) is 4.87. The van der Waals surface area contributed by atoms with Gasteiger partial charge < -0.3 is 25.8 Å². The van der Waals surface area contributed by atoms with E-state index in [1.54, 1.807) is 18.2 Å². The first-order chi connectivity index (χ1) is 17.1. The minimum atomic E-state index is -1.20. The molecule has 1 aliphatic heterocycles. The molecular weight excluding hydrogens is 534 g/mol. The number of likely N-dealkylation sites (tertiary alicyclic amines) is 1. The Morgan fingerprint density at radius 2 is 2.06 bits per heavy atom. The zero-order valence-corrected chi connectivity index (χ0v) is 21.5. The quantitative estimate of drug-likeness (QED) is 0.173. The number of carboxylic acid groups (broad SMARTS) is 1. The SMILES string of the molecule is C=CCOCc1ccc(Br)nc1NC(=O)[C@@H]1C[C@@]2(CNC(=O)C(CC=C)NC(C)=O)C[C@H]2N1C(=O)O. The molecule has 2 aliphatic rings. The Morgan fingerprint density at radius 1 is 1.31 bits per heavy atom. The molecule has 2 heterocycles. The number of anilines is 1. The van der Waals surface area contributed by atoms with E-state index in [1.165, 1.54) is 13.0 Å². The number of carbonyl (C=O) groups excluding carboxylic acids is 3. The van der Waals surface area contributed by atoms with Crippen molar-refractivity contribution in [3.05, 3.63) is 47.6 Å². The van der Waals surface area contributed by atoms with Gasteiger partial charge in [0.1, 0.15) is 22.5 Å². The lowest BCUT2D eigenvalue weighted by Gasteiger charge is -2.24. The molecule has 0 spiro atoms. The van der Waals surface area contributed by atoms with Crippen molar-refractivity contribution in [3.8, 4) is 0 Å². The first kappa shape index (κ1) is 27.3. The number of carbonyl (C=O) groups is 4. The average Bonchev–Trinajstić information content (AvgIpc) is 3.41. The summed E-state index contributed by atoms with van der Waals surface area (Å²) in [6, 6.07) is 1.36. The number of ether oxygens (including phenoxy) is 1. The number of fused-ring (bicyclic) bond motifs is 1. The van der Waals surface area contributed by atoms with Crippen LogP contribution in [0.4, 0.5) is 10.6 Å². The lowest BCUT2D eigenvalue weighted by atomic mass is 9.98. The van der Waals surface area contributed by atoms with Gasteiger partial charge in [-0.1, -0.05) is 18.2 Å². The van der Waals surface area contributed by atoms with Gasteiger partial charge in [-0.15, -0.1) is 13.2 Å². The molecule has 3 rings (SSSR count). The highest BCUT2D eigenvalue weighted by Crippen LogP contribution is 2.59. The predicted octanol–water partition coefficient (Wildman–Crippen LogP) is 2.19. The van der Waals surface area contributed by atoms with E-state index in [2.05, 4.69) is 50.0 Å². The number of nitrogens with one attached hydrogen (secondary N) is 3. The summed E-state index contributed by atoms with van der Waals surface area (Å²) >= 11 is 3.29. The maximum atomic E-state index is 13.2. The zero-order valence-electron chi connectivity index (χ0n) is 20.0. The fourth-order valence-electron chi connectivity index (χ4n) is 4.56. The average molecular weight is 564 g/mol.